The molecule has 4 unspecified atom stereocenters. The Labute approximate surface area is 195 Å². The van der Waals surface area contributed by atoms with E-state index in [9.17, 15) is 29.1 Å². The number of amides is 3. The number of rotatable bonds is 14. The van der Waals surface area contributed by atoms with Gasteiger partial charge in [0.05, 0.1) is 12.5 Å². The van der Waals surface area contributed by atoms with Gasteiger partial charge in [0.25, 0.3) is 0 Å². The molecule has 3 amide bonds. The normalized spacial score (nSPS) is 17.8. The number of hydrogen-bond donors (Lipinski definition) is 9. The Bertz CT molecular complexity index is 754. The lowest BCUT2D eigenvalue weighted by Crippen LogP contribution is -2.58. The summed E-state index contributed by atoms with van der Waals surface area (Å²) in [6.45, 7) is 0.809. The molecule has 186 valence electrons. The third kappa shape index (κ3) is 10.4. The minimum atomic E-state index is -1.57. The van der Waals surface area contributed by atoms with Crippen LogP contribution in [0.1, 0.15) is 32.1 Å². The van der Waals surface area contributed by atoms with Crippen LogP contribution in [0.25, 0.3) is 0 Å². The van der Waals surface area contributed by atoms with E-state index in [4.69, 9.17) is 16.6 Å². The first-order valence-corrected chi connectivity index (χ1v) is 10.9. The molecule has 10 N–H and O–H groups in total. The van der Waals surface area contributed by atoms with Crippen molar-refractivity contribution in [1.82, 2.24) is 21.3 Å². The molecular weight excluding hydrogens is 458 g/mol. The number of carboxylic acids is 2. The van der Waals surface area contributed by atoms with Crippen molar-refractivity contribution >= 4 is 48.2 Å². The van der Waals surface area contributed by atoms with Gasteiger partial charge in [-0.2, -0.15) is 12.6 Å². The van der Waals surface area contributed by atoms with Crippen LogP contribution in [0.15, 0.2) is 4.99 Å². The highest BCUT2D eigenvalue weighted by atomic mass is 32.1. The summed E-state index contributed by atoms with van der Waals surface area (Å²) >= 11 is 4.04. The predicted molar refractivity (Wildman–Crippen MR) is 120 cm³/mol. The van der Waals surface area contributed by atoms with Gasteiger partial charge >= 0.3 is 11.9 Å². The highest BCUT2D eigenvalue weighted by Crippen LogP contribution is 2.06. The molecule has 0 spiro atoms. The molecule has 0 aliphatic carbocycles. The highest BCUT2D eigenvalue weighted by Gasteiger charge is 2.32. The predicted octanol–water partition coefficient (Wildman–Crippen LogP) is -3.26. The van der Waals surface area contributed by atoms with Crippen LogP contribution < -0.4 is 32.7 Å². The van der Waals surface area contributed by atoms with Gasteiger partial charge in [-0.3, -0.25) is 24.2 Å². The van der Waals surface area contributed by atoms with E-state index in [1.54, 1.807) is 0 Å². The van der Waals surface area contributed by atoms with Crippen molar-refractivity contribution < 1.29 is 34.2 Å². The zero-order valence-corrected chi connectivity index (χ0v) is 18.8. The third-order valence-corrected chi connectivity index (χ3v) is 5.13. The molecule has 1 aliphatic rings. The quantitative estimate of drug-likeness (QED) is 0.0510. The molecular formula is C18H31N7O7S. The van der Waals surface area contributed by atoms with E-state index in [1.165, 1.54) is 0 Å². The molecule has 4 atom stereocenters. The molecule has 1 rings (SSSR count). The molecule has 0 aromatic heterocycles. The number of guanidine groups is 1. The number of aliphatic carboxylic acids is 2. The lowest BCUT2D eigenvalue weighted by molar-refractivity contribution is -0.143. The molecule has 1 saturated heterocycles. The van der Waals surface area contributed by atoms with Crippen molar-refractivity contribution in [2.24, 2.45) is 16.5 Å². The molecule has 1 heterocycles. The number of nitrogens with one attached hydrogen (secondary N) is 4. The second-order valence-electron chi connectivity index (χ2n) is 7.40. The van der Waals surface area contributed by atoms with Gasteiger partial charge in [0.15, 0.2) is 5.96 Å². The minimum Gasteiger partial charge on any atom is -0.481 e. The fourth-order valence-electron chi connectivity index (χ4n) is 3.06. The van der Waals surface area contributed by atoms with Crippen LogP contribution in [0.5, 0.6) is 0 Å². The number of carbonyl (C=O) groups is 5. The Hall–Kier alpha value is -3.07. The van der Waals surface area contributed by atoms with Crippen LogP contribution in [0.4, 0.5) is 0 Å². The third-order valence-electron chi connectivity index (χ3n) is 4.76. The second-order valence-corrected chi connectivity index (χ2v) is 7.77. The van der Waals surface area contributed by atoms with Crippen LogP contribution >= 0.6 is 12.6 Å². The summed E-state index contributed by atoms with van der Waals surface area (Å²) in [5, 5.41) is 28.4. The SMILES string of the molecule is NC(N)=NCCCC(NC(=O)C(CC(=O)O)NC(=O)C(CS)NC(=O)C1CCCN1)C(=O)O. The Morgan fingerprint density at radius 2 is 1.67 bits per heavy atom. The number of nitrogens with zero attached hydrogens (tertiary/aromatic N) is 1. The molecule has 1 fully saturated rings. The van der Waals surface area contributed by atoms with Crippen molar-refractivity contribution in [1.29, 1.82) is 0 Å². The van der Waals surface area contributed by atoms with Gasteiger partial charge in [-0.1, -0.05) is 0 Å². The maximum absolute atomic E-state index is 12.6. The molecule has 14 nitrogen and oxygen atoms in total. The standard InChI is InChI=1S/C18H31N7O7S/c19-18(20)22-6-2-4-10(17(31)32)23-15(29)11(7-13(26)27)24-16(30)12(8-33)25-14(28)9-3-1-5-21-9/h9-12,21,33H,1-8H2,(H,23,29)(H,24,30)(H,25,28)(H,26,27)(H,31,32)(H4,19,20,22). The number of carboxylic acid groups (broad SMARTS) is 2. The van der Waals surface area contributed by atoms with Crippen LogP contribution in [-0.4, -0.2) is 88.8 Å². The molecule has 1 aliphatic heterocycles. The number of aliphatic imine (C=N–C) groups is 1. The molecule has 0 saturated carbocycles. The summed E-state index contributed by atoms with van der Waals surface area (Å²) in [5.41, 5.74) is 10.4. The van der Waals surface area contributed by atoms with Crippen LogP contribution in [-0.2, 0) is 24.0 Å². The van der Waals surface area contributed by atoms with Gasteiger partial charge in [-0.25, -0.2) is 4.79 Å². The molecule has 15 heteroatoms. The Balaban J connectivity index is 2.78. The number of thiol groups is 1. The van der Waals surface area contributed by atoms with E-state index in [0.29, 0.717) is 13.0 Å². The van der Waals surface area contributed by atoms with E-state index < -0.39 is 60.2 Å². The summed E-state index contributed by atoms with van der Waals surface area (Å²) in [5.74, 6) is -5.24. The number of nitrogens with two attached hydrogens (primary N) is 2. The van der Waals surface area contributed by atoms with Gasteiger partial charge in [-0.15, -0.1) is 0 Å². The Morgan fingerprint density at radius 3 is 2.18 bits per heavy atom. The molecule has 0 aromatic rings. The smallest absolute Gasteiger partial charge is 0.326 e. The van der Waals surface area contributed by atoms with Gasteiger partial charge in [0.1, 0.15) is 18.1 Å². The van der Waals surface area contributed by atoms with E-state index in [1.807, 2.05) is 0 Å². The first-order chi connectivity index (χ1) is 15.5. The van der Waals surface area contributed by atoms with Crippen LogP contribution in [0.2, 0.25) is 0 Å². The number of hydrogen-bond acceptors (Lipinski definition) is 8. The van der Waals surface area contributed by atoms with Crippen molar-refractivity contribution in [3.8, 4) is 0 Å². The van der Waals surface area contributed by atoms with Crippen molar-refractivity contribution in [3.63, 3.8) is 0 Å². The van der Waals surface area contributed by atoms with E-state index in [-0.39, 0.29) is 31.1 Å². The summed E-state index contributed by atoms with van der Waals surface area (Å²) in [6, 6.07) is -4.50. The average molecular weight is 490 g/mol. The number of carbonyl (C=O) groups excluding carboxylic acids is 3. The summed E-state index contributed by atoms with van der Waals surface area (Å²) < 4.78 is 0. The van der Waals surface area contributed by atoms with Gasteiger partial charge in [0, 0.05) is 12.3 Å². The second kappa shape index (κ2) is 14.2. The maximum Gasteiger partial charge on any atom is 0.326 e. The van der Waals surface area contributed by atoms with E-state index >= 15 is 0 Å². The summed E-state index contributed by atoms with van der Waals surface area (Å²) in [6.07, 6.45) is 0.822. The first kappa shape index (κ1) is 28.0. The van der Waals surface area contributed by atoms with E-state index in [2.05, 4.69) is 38.9 Å². The highest BCUT2D eigenvalue weighted by molar-refractivity contribution is 7.80. The fraction of sp³-hybridized carbons (Fsp3) is 0.667. The van der Waals surface area contributed by atoms with Crippen LogP contribution in [0, 0.1) is 0 Å². The Kier molecular flexibility index (Phi) is 12.0. The Morgan fingerprint density at radius 1 is 1.03 bits per heavy atom. The van der Waals surface area contributed by atoms with Crippen molar-refractivity contribution in [2.45, 2.75) is 56.3 Å². The lowest BCUT2D eigenvalue weighted by atomic mass is 10.1. The zero-order chi connectivity index (χ0) is 25.0. The average Bonchev–Trinajstić information content (AvgIpc) is 3.27. The first-order valence-electron chi connectivity index (χ1n) is 10.3. The topological polar surface area (TPSA) is 238 Å². The molecule has 33 heavy (non-hydrogen) atoms. The lowest BCUT2D eigenvalue weighted by Gasteiger charge is -2.23. The minimum absolute atomic E-state index is 0.0324. The zero-order valence-electron chi connectivity index (χ0n) is 18.0. The summed E-state index contributed by atoms with van der Waals surface area (Å²) in [4.78, 5) is 63.8. The monoisotopic (exact) mass is 489 g/mol. The summed E-state index contributed by atoms with van der Waals surface area (Å²) in [7, 11) is 0. The maximum atomic E-state index is 12.6. The van der Waals surface area contributed by atoms with Crippen molar-refractivity contribution in [3.05, 3.63) is 0 Å². The van der Waals surface area contributed by atoms with Crippen molar-refractivity contribution in [2.75, 3.05) is 18.8 Å². The fourth-order valence-corrected chi connectivity index (χ4v) is 3.32. The van der Waals surface area contributed by atoms with Crippen LogP contribution in [0.3, 0.4) is 0 Å². The molecule has 0 aromatic carbocycles. The van der Waals surface area contributed by atoms with Gasteiger partial charge < -0.3 is 42.9 Å². The largest absolute Gasteiger partial charge is 0.481 e. The molecule has 0 radical (unpaired) electrons. The van der Waals surface area contributed by atoms with Gasteiger partial charge in [-0.05, 0) is 32.2 Å². The van der Waals surface area contributed by atoms with E-state index in [0.717, 1.165) is 6.42 Å². The van der Waals surface area contributed by atoms with Gasteiger partial charge in [0.2, 0.25) is 17.7 Å². The molecule has 0 bridgehead atoms.